The van der Waals surface area contributed by atoms with E-state index in [-0.39, 0.29) is 12.0 Å². The fourth-order valence-corrected chi connectivity index (χ4v) is 4.60. The molecular weight excluding hydrogens is 260 g/mol. The van der Waals surface area contributed by atoms with Crippen LogP contribution in [-0.2, 0) is 14.6 Å². The first-order chi connectivity index (χ1) is 9.10. The number of hydrogen-bond acceptors (Lipinski definition) is 3. The minimum Gasteiger partial charge on any atom is -0.373 e. The summed E-state index contributed by atoms with van der Waals surface area (Å²) in [5.74, 6) is -0.168. The molecule has 1 aromatic rings. The summed E-state index contributed by atoms with van der Waals surface area (Å²) in [5, 5.41) is 0. The van der Waals surface area contributed by atoms with Gasteiger partial charge in [0, 0.05) is 5.92 Å². The van der Waals surface area contributed by atoms with Crippen LogP contribution in [0.4, 0.5) is 0 Å². The predicted octanol–water partition coefficient (Wildman–Crippen LogP) is 2.71. The van der Waals surface area contributed by atoms with E-state index in [1.54, 1.807) is 24.3 Å². The lowest BCUT2D eigenvalue weighted by Crippen LogP contribution is -2.26. The van der Waals surface area contributed by atoms with Gasteiger partial charge in [-0.2, -0.15) is 0 Å². The molecule has 3 rings (SSSR count). The first kappa shape index (κ1) is 12.6. The van der Waals surface area contributed by atoms with Crippen LogP contribution in [0.5, 0.6) is 0 Å². The van der Waals surface area contributed by atoms with Crippen LogP contribution >= 0.6 is 0 Å². The van der Waals surface area contributed by atoms with Crippen molar-refractivity contribution in [1.29, 1.82) is 0 Å². The van der Waals surface area contributed by atoms with E-state index in [4.69, 9.17) is 4.74 Å². The Bertz CT molecular complexity index is 629. The number of fused-ring (bicyclic) bond motifs is 1. The number of rotatable bonds is 2. The normalized spacial score (nSPS) is 26.9. The van der Waals surface area contributed by atoms with Crippen molar-refractivity contribution in [2.45, 2.75) is 23.8 Å². The average molecular weight is 276 g/mol. The summed E-state index contributed by atoms with van der Waals surface area (Å²) in [5.41, 5.74) is 0.871. The van der Waals surface area contributed by atoms with Gasteiger partial charge in [-0.3, -0.25) is 0 Å². The van der Waals surface area contributed by atoms with Gasteiger partial charge in [0.2, 0.25) is 9.84 Å². The van der Waals surface area contributed by atoms with Crippen molar-refractivity contribution in [2.24, 2.45) is 5.92 Å². The van der Waals surface area contributed by atoms with E-state index < -0.39 is 9.84 Å². The first-order valence-corrected chi connectivity index (χ1v) is 7.88. The molecule has 1 heterocycles. The highest BCUT2D eigenvalue weighted by Gasteiger charge is 2.41. The molecule has 0 amide bonds. The van der Waals surface area contributed by atoms with E-state index in [0.29, 0.717) is 16.4 Å². The van der Waals surface area contributed by atoms with Gasteiger partial charge in [0.1, 0.15) is 0 Å². The lowest BCUT2D eigenvalue weighted by Gasteiger charge is -2.25. The summed E-state index contributed by atoms with van der Waals surface area (Å²) in [6, 6.07) is 8.58. The molecule has 0 aromatic heterocycles. The monoisotopic (exact) mass is 276 g/mol. The number of hydrogen-bond donors (Lipinski definition) is 0. The highest BCUT2D eigenvalue weighted by atomic mass is 32.2. The molecule has 1 aliphatic heterocycles. The third kappa shape index (κ3) is 2.05. The van der Waals surface area contributed by atoms with E-state index in [9.17, 15) is 8.42 Å². The van der Waals surface area contributed by atoms with Gasteiger partial charge in [0.25, 0.3) is 0 Å². The van der Waals surface area contributed by atoms with Gasteiger partial charge in [-0.25, -0.2) is 8.42 Å². The fraction of sp³-hybridized carbons (Fsp3) is 0.333. The Labute approximate surface area is 113 Å². The summed E-state index contributed by atoms with van der Waals surface area (Å²) in [6.45, 7) is 4.43. The molecule has 1 aromatic carbocycles. The van der Waals surface area contributed by atoms with Gasteiger partial charge in [-0.05, 0) is 30.5 Å². The summed E-state index contributed by atoms with van der Waals surface area (Å²) < 4.78 is 31.0. The standard InChI is InChI=1S/C15H16O3S/c1-11-10-18-13-8-5-9-14(15(11)13)19(16,17)12-6-3-2-4-7-12/h2-4,6-7,9,13,15H,1,5,8,10H2/t13-,15-/m1/s1. The van der Waals surface area contributed by atoms with Crippen LogP contribution in [0.25, 0.3) is 0 Å². The van der Waals surface area contributed by atoms with Crippen molar-refractivity contribution < 1.29 is 13.2 Å². The zero-order valence-corrected chi connectivity index (χ0v) is 11.4. The zero-order valence-electron chi connectivity index (χ0n) is 10.6. The van der Waals surface area contributed by atoms with Gasteiger partial charge in [-0.1, -0.05) is 30.9 Å². The summed E-state index contributed by atoms with van der Waals surface area (Å²) >= 11 is 0. The molecule has 19 heavy (non-hydrogen) atoms. The zero-order chi connectivity index (χ0) is 13.5. The first-order valence-electron chi connectivity index (χ1n) is 6.40. The number of allylic oxidation sites excluding steroid dienone is 1. The van der Waals surface area contributed by atoms with E-state index in [1.165, 1.54) is 0 Å². The van der Waals surface area contributed by atoms with Gasteiger partial charge in [0.15, 0.2) is 0 Å². The highest BCUT2D eigenvalue weighted by Crippen LogP contribution is 2.41. The van der Waals surface area contributed by atoms with Crippen LogP contribution in [0.3, 0.4) is 0 Å². The maximum atomic E-state index is 12.7. The molecule has 0 unspecified atom stereocenters. The summed E-state index contributed by atoms with van der Waals surface area (Å²) in [6.07, 6.45) is 3.43. The molecule has 1 fully saturated rings. The van der Waals surface area contributed by atoms with Gasteiger partial charge < -0.3 is 4.74 Å². The molecule has 0 N–H and O–H groups in total. The van der Waals surface area contributed by atoms with Crippen LogP contribution in [0, 0.1) is 5.92 Å². The maximum Gasteiger partial charge on any atom is 0.203 e. The molecule has 0 spiro atoms. The molecule has 0 radical (unpaired) electrons. The quantitative estimate of drug-likeness (QED) is 0.780. The molecule has 2 atom stereocenters. The van der Waals surface area contributed by atoms with Crippen molar-refractivity contribution in [2.75, 3.05) is 6.61 Å². The van der Waals surface area contributed by atoms with Crippen molar-refractivity contribution in [3.8, 4) is 0 Å². The second-order valence-corrected chi connectivity index (χ2v) is 6.94. The van der Waals surface area contributed by atoms with Crippen molar-refractivity contribution in [1.82, 2.24) is 0 Å². The summed E-state index contributed by atoms with van der Waals surface area (Å²) in [7, 11) is -3.43. The lowest BCUT2D eigenvalue weighted by atomic mass is 9.89. The van der Waals surface area contributed by atoms with Crippen LogP contribution in [0.1, 0.15) is 12.8 Å². The van der Waals surface area contributed by atoms with Crippen LogP contribution in [0.15, 0.2) is 58.4 Å². The Hall–Kier alpha value is -1.39. The number of ether oxygens (including phenoxy) is 1. The number of benzene rings is 1. The van der Waals surface area contributed by atoms with Crippen LogP contribution in [-0.4, -0.2) is 21.1 Å². The molecule has 100 valence electrons. The van der Waals surface area contributed by atoms with E-state index in [1.807, 2.05) is 12.1 Å². The van der Waals surface area contributed by atoms with Crippen molar-refractivity contribution in [3.63, 3.8) is 0 Å². The van der Waals surface area contributed by atoms with Gasteiger partial charge in [0.05, 0.1) is 22.5 Å². The van der Waals surface area contributed by atoms with E-state index >= 15 is 0 Å². The Kier molecular flexibility index (Phi) is 3.07. The highest BCUT2D eigenvalue weighted by molar-refractivity contribution is 7.95. The van der Waals surface area contributed by atoms with Gasteiger partial charge in [-0.15, -0.1) is 0 Å². The SMILES string of the molecule is C=C1CO[C@@H]2CCC=C(S(=O)(=O)c3ccccc3)[C@H]12. The topological polar surface area (TPSA) is 43.4 Å². The average Bonchev–Trinajstić information content (AvgIpc) is 2.82. The van der Waals surface area contributed by atoms with Crippen LogP contribution < -0.4 is 0 Å². The molecule has 3 nitrogen and oxygen atoms in total. The lowest BCUT2D eigenvalue weighted by molar-refractivity contribution is 0.0895. The summed E-state index contributed by atoms with van der Waals surface area (Å²) in [4.78, 5) is 0.819. The predicted molar refractivity (Wildman–Crippen MR) is 73.3 cm³/mol. The molecule has 1 saturated heterocycles. The second-order valence-electron chi connectivity index (χ2n) is 4.99. The Morgan fingerprint density at radius 1 is 1.21 bits per heavy atom. The smallest absolute Gasteiger partial charge is 0.203 e. The fourth-order valence-electron chi connectivity index (χ4n) is 2.83. The molecule has 1 aliphatic carbocycles. The number of sulfone groups is 1. The van der Waals surface area contributed by atoms with Gasteiger partial charge >= 0.3 is 0 Å². The van der Waals surface area contributed by atoms with E-state index in [0.717, 1.165) is 18.4 Å². The minimum absolute atomic E-state index is 0.0222. The van der Waals surface area contributed by atoms with Crippen molar-refractivity contribution in [3.05, 3.63) is 53.5 Å². The Morgan fingerprint density at radius 3 is 2.68 bits per heavy atom. The Morgan fingerprint density at radius 2 is 1.95 bits per heavy atom. The van der Waals surface area contributed by atoms with Crippen LogP contribution in [0.2, 0.25) is 0 Å². The third-order valence-corrected chi connectivity index (χ3v) is 5.70. The van der Waals surface area contributed by atoms with Crippen molar-refractivity contribution >= 4 is 9.84 Å². The molecule has 4 heteroatoms. The largest absolute Gasteiger partial charge is 0.373 e. The molecule has 2 aliphatic rings. The minimum atomic E-state index is -3.43. The molecule has 0 saturated carbocycles. The third-order valence-electron chi connectivity index (χ3n) is 3.76. The Balaban J connectivity index is 2.06. The molecule has 0 bridgehead atoms. The second kappa shape index (κ2) is 4.62. The molecular formula is C15H16O3S. The maximum absolute atomic E-state index is 12.7. The van der Waals surface area contributed by atoms with E-state index in [2.05, 4.69) is 6.58 Å².